The molecule has 0 amide bonds. The van der Waals surface area contributed by atoms with Crippen molar-refractivity contribution in [2.45, 2.75) is 84.0 Å². The Morgan fingerprint density at radius 1 is 0.512 bits per heavy atom. The van der Waals surface area contributed by atoms with Gasteiger partial charge in [0.2, 0.25) is 0 Å². The Bertz CT molecular complexity index is 1580. The van der Waals surface area contributed by atoms with Gasteiger partial charge in [-0.15, -0.1) is 22.7 Å². The first-order valence-electron chi connectivity index (χ1n) is 14.0. The number of hydrogen-bond donors (Lipinski definition) is 0. The van der Waals surface area contributed by atoms with Crippen LogP contribution in [0.25, 0.3) is 32.0 Å². The number of alkyl halides is 6. The van der Waals surface area contributed by atoms with Crippen LogP contribution in [0.3, 0.4) is 0 Å². The maximum Gasteiger partial charge on any atom is 0.380 e. The largest absolute Gasteiger partial charge is 0.380 e. The Morgan fingerprint density at radius 2 is 0.814 bits per heavy atom. The highest BCUT2D eigenvalue weighted by Gasteiger charge is 2.80. The van der Waals surface area contributed by atoms with Crippen LogP contribution in [0.4, 0.5) is 26.3 Å². The SMILES string of the molecule is Cc1sc(-c2ccc(C(C)(C)C)cc2)cc1C1=C(c2cc(-c3ccc(C(C)(C)C)cc3)sc2C)C(F)(F)C(F)(F)C1(F)F. The van der Waals surface area contributed by atoms with E-state index in [9.17, 15) is 0 Å². The highest BCUT2D eigenvalue weighted by atomic mass is 32.1. The second kappa shape index (κ2) is 10.1. The van der Waals surface area contributed by atoms with Gasteiger partial charge in [0, 0.05) is 30.7 Å². The first-order valence-corrected chi connectivity index (χ1v) is 15.6. The molecule has 0 atom stereocenters. The Balaban J connectivity index is 1.68. The van der Waals surface area contributed by atoms with E-state index in [1.807, 2.05) is 48.5 Å². The number of aryl methyl sites for hydroxylation is 2. The van der Waals surface area contributed by atoms with Crippen LogP contribution in [0.2, 0.25) is 0 Å². The zero-order valence-electron chi connectivity index (χ0n) is 25.4. The van der Waals surface area contributed by atoms with Gasteiger partial charge in [0.15, 0.2) is 0 Å². The van der Waals surface area contributed by atoms with E-state index in [4.69, 9.17) is 0 Å². The van der Waals surface area contributed by atoms with E-state index >= 15 is 26.3 Å². The lowest BCUT2D eigenvalue weighted by Crippen LogP contribution is -2.48. The maximum absolute atomic E-state index is 15.6. The summed E-state index contributed by atoms with van der Waals surface area (Å²) >= 11 is 2.24. The predicted molar refractivity (Wildman–Crippen MR) is 168 cm³/mol. The summed E-state index contributed by atoms with van der Waals surface area (Å²) in [5.41, 5.74) is 0.142. The topological polar surface area (TPSA) is 0 Å². The summed E-state index contributed by atoms with van der Waals surface area (Å²) in [6.45, 7) is 15.4. The second-order valence-electron chi connectivity index (χ2n) is 13.3. The van der Waals surface area contributed by atoms with E-state index in [1.165, 1.54) is 26.0 Å². The molecule has 1 aliphatic carbocycles. The minimum atomic E-state index is -5.60. The van der Waals surface area contributed by atoms with Gasteiger partial charge in [-0.3, -0.25) is 0 Å². The quantitative estimate of drug-likeness (QED) is 0.196. The number of benzene rings is 2. The molecule has 43 heavy (non-hydrogen) atoms. The monoisotopic (exact) mass is 632 g/mol. The van der Waals surface area contributed by atoms with E-state index < -0.39 is 28.9 Å². The van der Waals surface area contributed by atoms with Crippen molar-refractivity contribution in [1.29, 1.82) is 0 Å². The van der Waals surface area contributed by atoms with Gasteiger partial charge < -0.3 is 0 Å². The van der Waals surface area contributed by atoms with Gasteiger partial charge in [0.25, 0.3) is 0 Å². The van der Waals surface area contributed by atoms with Crippen molar-refractivity contribution < 1.29 is 26.3 Å². The van der Waals surface area contributed by atoms with E-state index in [1.54, 1.807) is 0 Å². The number of rotatable bonds is 4. The molecule has 5 rings (SSSR count). The second-order valence-corrected chi connectivity index (χ2v) is 15.8. The van der Waals surface area contributed by atoms with Crippen LogP contribution in [0.15, 0.2) is 60.7 Å². The van der Waals surface area contributed by atoms with E-state index in [2.05, 4.69) is 41.5 Å². The molecule has 2 heterocycles. The molecule has 1 aliphatic rings. The van der Waals surface area contributed by atoms with Gasteiger partial charge >= 0.3 is 17.8 Å². The highest BCUT2D eigenvalue weighted by Crippen LogP contribution is 2.66. The molecule has 0 saturated carbocycles. The molecule has 0 N–H and O–H groups in total. The summed E-state index contributed by atoms with van der Waals surface area (Å²) in [6, 6.07) is 17.7. The lowest BCUT2D eigenvalue weighted by atomic mass is 9.86. The van der Waals surface area contributed by atoms with Gasteiger partial charge in [-0.2, -0.15) is 26.3 Å². The summed E-state index contributed by atoms with van der Waals surface area (Å²) in [5.74, 6) is -15.8. The number of thiophene rings is 2. The third kappa shape index (κ3) is 5.08. The lowest BCUT2D eigenvalue weighted by Gasteiger charge is -2.25. The van der Waals surface area contributed by atoms with Crippen molar-refractivity contribution in [2.75, 3.05) is 0 Å². The molecule has 0 unspecified atom stereocenters. The molecule has 0 spiro atoms. The van der Waals surface area contributed by atoms with Gasteiger partial charge in [0.05, 0.1) is 0 Å². The summed E-state index contributed by atoms with van der Waals surface area (Å²) in [4.78, 5) is 1.61. The van der Waals surface area contributed by atoms with Crippen molar-refractivity contribution in [3.8, 4) is 20.9 Å². The Hall–Kier alpha value is -2.84. The molecule has 228 valence electrons. The van der Waals surface area contributed by atoms with Crippen LogP contribution < -0.4 is 0 Å². The maximum atomic E-state index is 15.6. The fraction of sp³-hybridized carbons (Fsp3) is 0.371. The Kier molecular flexibility index (Phi) is 7.41. The molecule has 2 aromatic heterocycles. The van der Waals surface area contributed by atoms with Crippen molar-refractivity contribution >= 4 is 33.8 Å². The van der Waals surface area contributed by atoms with Gasteiger partial charge in [-0.25, -0.2) is 0 Å². The van der Waals surface area contributed by atoms with Crippen LogP contribution >= 0.6 is 22.7 Å². The summed E-state index contributed by atoms with van der Waals surface area (Å²) < 4.78 is 92.6. The molecule has 0 radical (unpaired) electrons. The lowest BCUT2D eigenvalue weighted by molar-refractivity contribution is -0.254. The number of halogens is 6. The molecule has 2 aromatic carbocycles. The van der Waals surface area contributed by atoms with Crippen LogP contribution in [0.1, 0.15) is 73.6 Å². The van der Waals surface area contributed by atoms with Crippen LogP contribution in [-0.2, 0) is 10.8 Å². The van der Waals surface area contributed by atoms with Crippen LogP contribution in [0, 0.1) is 13.8 Å². The van der Waals surface area contributed by atoms with E-state index in [-0.39, 0.29) is 31.7 Å². The Morgan fingerprint density at radius 3 is 1.09 bits per heavy atom. The summed E-state index contributed by atoms with van der Waals surface area (Å²) in [5, 5.41) is 0. The molecular formula is C35H34F6S2. The minimum absolute atomic E-state index is 0.107. The first-order chi connectivity index (χ1) is 19.7. The van der Waals surface area contributed by atoms with E-state index in [0.717, 1.165) is 33.8 Å². The standard InChI is InChI=1S/C35H34F6S2/c1-19-25(17-27(42-19)21-9-13-23(14-10-21)31(3,4)5)29-30(34(38,39)35(40,41)33(29,36)37)26-18-28(43-20(26)2)22-11-15-24(16-12-22)32(6,7)8/h9-18H,1-8H3. The third-order valence-corrected chi connectivity index (χ3v) is 10.3. The van der Waals surface area contributed by atoms with Crippen molar-refractivity contribution in [1.82, 2.24) is 0 Å². The minimum Gasteiger partial charge on any atom is -0.194 e. The molecule has 4 aromatic rings. The highest BCUT2D eigenvalue weighted by molar-refractivity contribution is 7.16. The van der Waals surface area contributed by atoms with Crippen molar-refractivity contribution in [3.63, 3.8) is 0 Å². The van der Waals surface area contributed by atoms with Gasteiger partial charge in [-0.1, -0.05) is 90.1 Å². The zero-order chi connectivity index (χ0) is 31.9. The smallest absolute Gasteiger partial charge is 0.194 e. The average Bonchev–Trinajstić information content (AvgIpc) is 3.50. The molecule has 0 nitrogen and oxygen atoms in total. The number of allylic oxidation sites excluding steroid dienone is 2. The van der Waals surface area contributed by atoms with Gasteiger partial charge in [-0.05, 0) is 70.2 Å². The molecular weight excluding hydrogens is 599 g/mol. The van der Waals surface area contributed by atoms with Gasteiger partial charge in [0.1, 0.15) is 0 Å². The number of hydrogen-bond acceptors (Lipinski definition) is 2. The van der Waals surface area contributed by atoms with E-state index in [0.29, 0.717) is 20.9 Å². The zero-order valence-corrected chi connectivity index (χ0v) is 27.0. The van der Waals surface area contributed by atoms with Crippen molar-refractivity contribution in [3.05, 3.63) is 92.7 Å². The van der Waals surface area contributed by atoms with Crippen LogP contribution in [-0.4, -0.2) is 17.8 Å². The fourth-order valence-electron chi connectivity index (χ4n) is 5.45. The average molecular weight is 633 g/mol. The molecule has 0 bridgehead atoms. The normalized spacial score (nSPS) is 18.0. The van der Waals surface area contributed by atoms with Crippen molar-refractivity contribution in [2.24, 2.45) is 0 Å². The summed E-state index contributed by atoms with van der Waals surface area (Å²) in [7, 11) is 0. The third-order valence-electron chi connectivity index (χ3n) is 8.11. The summed E-state index contributed by atoms with van der Waals surface area (Å²) in [6.07, 6.45) is 0. The predicted octanol–water partition coefficient (Wildman–Crippen LogP) is 12.2. The molecule has 0 saturated heterocycles. The fourth-order valence-corrected chi connectivity index (χ4v) is 7.51. The molecule has 0 fully saturated rings. The Labute approximate surface area is 257 Å². The molecule has 0 aliphatic heterocycles. The molecule has 8 heteroatoms. The first kappa shape index (κ1) is 31.6. The van der Waals surface area contributed by atoms with Crippen LogP contribution in [0.5, 0.6) is 0 Å².